The number of halogens is 2. The molecule has 1 aromatic carbocycles. The van der Waals surface area contributed by atoms with Crippen LogP contribution in [0, 0.1) is 5.82 Å². The first-order valence-corrected chi connectivity index (χ1v) is 5.45. The van der Waals surface area contributed by atoms with Gasteiger partial charge in [-0.05, 0) is 24.3 Å². The molecule has 2 aromatic rings. The van der Waals surface area contributed by atoms with Gasteiger partial charge in [-0.25, -0.2) is 9.18 Å². The van der Waals surface area contributed by atoms with Gasteiger partial charge in [0, 0.05) is 0 Å². The first-order valence-electron chi connectivity index (χ1n) is 5.07. The van der Waals surface area contributed by atoms with Gasteiger partial charge in [0.25, 0.3) is 5.91 Å². The SMILES string of the molecule is O=C(O)c1ccc(C(=O)Nc2c(F)cccc2Cl)o1. The Morgan fingerprint density at radius 1 is 1.21 bits per heavy atom. The van der Waals surface area contributed by atoms with E-state index in [9.17, 15) is 14.0 Å². The van der Waals surface area contributed by atoms with Crippen molar-refractivity contribution in [3.05, 3.63) is 52.7 Å². The van der Waals surface area contributed by atoms with Crippen molar-refractivity contribution in [2.75, 3.05) is 5.32 Å². The largest absolute Gasteiger partial charge is 0.475 e. The number of amides is 1. The van der Waals surface area contributed by atoms with Crippen LogP contribution in [0.15, 0.2) is 34.7 Å². The fourth-order valence-corrected chi connectivity index (χ4v) is 1.58. The van der Waals surface area contributed by atoms with Crippen molar-refractivity contribution >= 4 is 29.2 Å². The van der Waals surface area contributed by atoms with Gasteiger partial charge in [0.15, 0.2) is 5.76 Å². The summed E-state index contributed by atoms with van der Waals surface area (Å²) in [5.41, 5.74) is -0.192. The molecule has 0 fully saturated rings. The third kappa shape index (κ3) is 2.74. The summed E-state index contributed by atoms with van der Waals surface area (Å²) in [6, 6.07) is 6.23. The Balaban J connectivity index is 2.23. The Morgan fingerprint density at radius 3 is 2.47 bits per heavy atom. The Labute approximate surface area is 111 Å². The summed E-state index contributed by atoms with van der Waals surface area (Å²) in [4.78, 5) is 22.3. The number of carboxylic acid groups (broad SMARTS) is 1. The molecule has 0 unspecified atom stereocenters. The van der Waals surface area contributed by atoms with Crippen molar-refractivity contribution < 1.29 is 23.5 Å². The zero-order valence-corrected chi connectivity index (χ0v) is 10.1. The molecule has 0 spiro atoms. The minimum absolute atomic E-state index is 0.0263. The van der Waals surface area contributed by atoms with Crippen molar-refractivity contribution in [2.24, 2.45) is 0 Å². The van der Waals surface area contributed by atoms with Gasteiger partial charge in [-0.1, -0.05) is 17.7 Å². The number of para-hydroxylation sites is 1. The van der Waals surface area contributed by atoms with E-state index in [0.29, 0.717) is 0 Å². The third-order valence-electron chi connectivity index (χ3n) is 2.24. The number of hydrogen-bond donors (Lipinski definition) is 2. The highest BCUT2D eigenvalue weighted by molar-refractivity contribution is 6.33. The van der Waals surface area contributed by atoms with Crippen molar-refractivity contribution in [3.63, 3.8) is 0 Å². The lowest BCUT2D eigenvalue weighted by Crippen LogP contribution is -2.12. The molecule has 0 bridgehead atoms. The van der Waals surface area contributed by atoms with Crippen LogP contribution in [0.4, 0.5) is 10.1 Å². The number of aromatic carboxylic acids is 1. The average Bonchev–Trinajstić information content (AvgIpc) is 2.83. The lowest BCUT2D eigenvalue weighted by Gasteiger charge is -2.06. The highest BCUT2D eigenvalue weighted by Crippen LogP contribution is 2.25. The molecule has 0 saturated heterocycles. The molecule has 2 rings (SSSR count). The Kier molecular flexibility index (Phi) is 3.52. The van der Waals surface area contributed by atoms with Crippen molar-refractivity contribution in [2.45, 2.75) is 0 Å². The van der Waals surface area contributed by atoms with Gasteiger partial charge in [0.2, 0.25) is 5.76 Å². The van der Waals surface area contributed by atoms with Crippen LogP contribution in [0.25, 0.3) is 0 Å². The summed E-state index contributed by atoms with van der Waals surface area (Å²) in [6.07, 6.45) is 0. The zero-order chi connectivity index (χ0) is 14.0. The summed E-state index contributed by atoms with van der Waals surface area (Å²) in [5, 5.41) is 10.9. The van der Waals surface area contributed by atoms with Gasteiger partial charge in [-0.15, -0.1) is 0 Å². The lowest BCUT2D eigenvalue weighted by atomic mass is 10.3. The molecule has 0 aliphatic rings. The summed E-state index contributed by atoms with van der Waals surface area (Å²) in [7, 11) is 0. The molecule has 1 aromatic heterocycles. The number of carbonyl (C=O) groups excluding carboxylic acids is 1. The third-order valence-corrected chi connectivity index (χ3v) is 2.56. The number of nitrogens with one attached hydrogen (secondary N) is 1. The second-order valence-corrected chi connectivity index (χ2v) is 3.93. The van der Waals surface area contributed by atoms with Gasteiger partial charge in [-0.2, -0.15) is 0 Å². The Hall–Kier alpha value is -2.34. The molecule has 5 nitrogen and oxygen atoms in total. The number of benzene rings is 1. The van der Waals surface area contributed by atoms with Crippen LogP contribution in [0.5, 0.6) is 0 Å². The minimum atomic E-state index is -1.30. The van der Waals surface area contributed by atoms with Crippen molar-refractivity contribution in [1.82, 2.24) is 0 Å². The highest BCUT2D eigenvalue weighted by atomic mass is 35.5. The van der Waals surface area contributed by atoms with Gasteiger partial charge in [-0.3, -0.25) is 4.79 Å². The monoisotopic (exact) mass is 283 g/mol. The van der Waals surface area contributed by atoms with Crippen LogP contribution in [-0.2, 0) is 0 Å². The first-order chi connectivity index (χ1) is 8.99. The van der Waals surface area contributed by atoms with E-state index in [1.807, 2.05) is 0 Å². The quantitative estimate of drug-likeness (QED) is 0.907. The number of carbonyl (C=O) groups is 2. The standard InChI is InChI=1S/C12H7ClFNO4/c13-6-2-1-3-7(14)10(6)15-11(16)8-4-5-9(19-8)12(17)18/h1-5H,(H,15,16)(H,17,18). The van der Waals surface area contributed by atoms with E-state index < -0.39 is 17.7 Å². The fraction of sp³-hybridized carbons (Fsp3) is 0. The van der Waals surface area contributed by atoms with E-state index in [0.717, 1.165) is 12.1 Å². The van der Waals surface area contributed by atoms with E-state index >= 15 is 0 Å². The Morgan fingerprint density at radius 2 is 1.89 bits per heavy atom. The number of rotatable bonds is 3. The highest BCUT2D eigenvalue weighted by Gasteiger charge is 2.17. The maximum atomic E-state index is 13.4. The normalized spacial score (nSPS) is 10.2. The van der Waals surface area contributed by atoms with E-state index in [-0.39, 0.29) is 22.2 Å². The van der Waals surface area contributed by atoms with Crippen molar-refractivity contribution in [1.29, 1.82) is 0 Å². The summed E-state index contributed by atoms with van der Waals surface area (Å²) in [5.74, 6) is -3.44. The molecule has 0 aliphatic carbocycles. The molecule has 0 atom stereocenters. The molecule has 98 valence electrons. The van der Waals surface area contributed by atoms with Crippen LogP contribution in [0.1, 0.15) is 21.1 Å². The minimum Gasteiger partial charge on any atom is -0.475 e. The number of furan rings is 1. The van der Waals surface area contributed by atoms with Gasteiger partial charge < -0.3 is 14.8 Å². The molecule has 2 N–H and O–H groups in total. The van der Waals surface area contributed by atoms with Crippen LogP contribution in [0.3, 0.4) is 0 Å². The van der Waals surface area contributed by atoms with E-state index in [4.69, 9.17) is 21.1 Å². The van der Waals surface area contributed by atoms with Gasteiger partial charge >= 0.3 is 5.97 Å². The van der Waals surface area contributed by atoms with E-state index in [2.05, 4.69) is 5.32 Å². The van der Waals surface area contributed by atoms with Gasteiger partial charge in [0.05, 0.1) is 10.7 Å². The summed E-state index contributed by atoms with van der Waals surface area (Å²) < 4.78 is 18.2. The molecule has 7 heteroatoms. The smallest absolute Gasteiger partial charge is 0.371 e. The van der Waals surface area contributed by atoms with E-state index in [1.54, 1.807) is 0 Å². The zero-order valence-electron chi connectivity index (χ0n) is 9.31. The van der Waals surface area contributed by atoms with Crippen molar-refractivity contribution in [3.8, 4) is 0 Å². The molecule has 0 radical (unpaired) electrons. The number of anilines is 1. The fourth-order valence-electron chi connectivity index (χ4n) is 1.37. The van der Waals surface area contributed by atoms with Crippen LogP contribution < -0.4 is 5.32 Å². The van der Waals surface area contributed by atoms with Crippen LogP contribution in [-0.4, -0.2) is 17.0 Å². The second kappa shape index (κ2) is 5.11. The average molecular weight is 284 g/mol. The molecular weight excluding hydrogens is 277 g/mol. The summed E-state index contributed by atoms with van der Waals surface area (Å²) in [6.45, 7) is 0. The number of carboxylic acids is 1. The van der Waals surface area contributed by atoms with Crippen LogP contribution >= 0.6 is 11.6 Å². The first kappa shape index (κ1) is 13.1. The molecule has 0 aliphatic heterocycles. The lowest BCUT2D eigenvalue weighted by molar-refractivity contribution is 0.0660. The maximum Gasteiger partial charge on any atom is 0.371 e. The van der Waals surface area contributed by atoms with Gasteiger partial charge in [0.1, 0.15) is 5.82 Å². The second-order valence-electron chi connectivity index (χ2n) is 3.52. The van der Waals surface area contributed by atoms with E-state index in [1.165, 1.54) is 18.2 Å². The molecule has 1 heterocycles. The molecule has 1 amide bonds. The van der Waals surface area contributed by atoms with Crippen LogP contribution in [0.2, 0.25) is 5.02 Å². The number of hydrogen-bond acceptors (Lipinski definition) is 3. The topological polar surface area (TPSA) is 79.5 Å². The molecule has 0 saturated carbocycles. The predicted octanol–water partition coefficient (Wildman–Crippen LogP) is 3.02. The molecule has 19 heavy (non-hydrogen) atoms. The summed E-state index contributed by atoms with van der Waals surface area (Å²) >= 11 is 5.74. The maximum absolute atomic E-state index is 13.4. The Bertz CT molecular complexity index is 633. The molecular formula is C12H7ClFNO4. The predicted molar refractivity (Wildman–Crippen MR) is 65.0 cm³/mol.